The molecule has 4 nitrogen and oxygen atoms in total. The summed E-state index contributed by atoms with van der Waals surface area (Å²) in [4.78, 5) is 18.3. The maximum absolute atomic E-state index is 12.5. The average molecular weight is 323 g/mol. The number of carbonyl (C=O) groups excluding carboxylic acids is 1. The summed E-state index contributed by atoms with van der Waals surface area (Å²) >= 11 is 3.24. The van der Waals surface area contributed by atoms with Gasteiger partial charge in [0.1, 0.15) is 0 Å². The van der Waals surface area contributed by atoms with Crippen molar-refractivity contribution in [2.45, 2.75) is 26.4 Å². The molecular weight excluding hydrogens is 308 g/mol. The van der Waals surface area contributed by atoms with E-state index in [-0.39, 0.29) is 11.9 Å². The van der Waals surface area contributed by atoms with Gasteiger partial charge in [-0.1, -0.05) is 6.07 Å². The fourth-order valence-corrected chi connectivity index (χ4v) is 2.19. The molecular formula is C14H15BrN2O2. The second-order valence-corrected chi connectivity index (χ2v) is 5.22. The summed E-state index contributed by atoms with van der Waals surface area (Å²) in [5.41, 5.74) is 1.54. The minimum absolute atomic E-state index is 0.0560. The highest BCUT2D eigenvalue weighted by molar-refractivity contribution is 9.10. The Balaban J connectivity index is 2.22. The monoisotopic (exact) mass is 322 g/mol. The fraction of sp³-hybridized carbons (Fsp3) is 0.286. The number of halogens is 1. The number of rotatable bonds is 4. The van der Waals surface area contributed by atoms with Crippen LogP contribution in [0, 0.1) is 0 Å². The highest BCUT2D eigenvalue weighted by Gasteiger charge is 2.22. The normalized spacial score (nSPS) is 10.7. The molecule has 5 heteroatoms. The van der Waals surface area contributed by atoms with Crippen molar-refractivity contribution in [1.29, 1.82) is 0 Å². The van der Waals surface area contributed by atoms with Gasteiger partial charge >= 0.3 is 0 Å². The largest absolute Gasteiger partial charge is 0.457 e. The molecule has 0 atom stereocenters. The number of hydrogen-bond donors (Lipinski definition) is 0. The van der Waals surface area contributed by atoms with E-state index < -0.39 is 0 Å². The van der Waals surface area contributed by atoms with Crippen LogP contribution in [0.2, 0.25) is 0 Å². The first-order valence-corrected chi connectivity index (χ1v) is 6.81. The molecule has 2 heterocycles. The van der Waals surface area contributed by atoms with Crippen LogP contribution in [0.3, 0.4) is 0 Å². The lowest BCUT2D eigenvalue weighted by Gasteiger charge is -2.26. The molecule has 0 fully saturated rings. The van der Waals surface area contributed by atoms with Gasteiger partial charge in [0, 0.05) is 25.0 Å². The van der Waals surface area contributed by atoms with E-state index in [9.17, 15) is 4.79 Å². The van der Waals surface area contributed by atoms with Gasteiger partial charge in [0.15, 0.2) is 4.67 Å². The van der Waals surface area contributed by atoms with E-state index in [1.54, 1.807) is 23.4 Å². The average Bonchev–Trinajstić information content (AvgIpc) is 2.82. The molecule has 0 aromatic carbocycles. The van der Waals surface area contributed by atoms with Crippen LogP contribution in [0.15, 0.2) is 45.9 Å². The Labute approximate surface area is 120 Å². The molecule has 0 aliphatic carbocycles. The van der Waals surface area contributed by atoms with E-state index in [0.717, 1.165) is 5.56 Å². The van der Waals surface area contributed by atoms with Crippen molar-refractivity contribution in [2.75, 3.05) is 0 Å². The van der Waals surface area contributed by atoms with E-state index in [4.69, 9.17) is 4.42 Å². The van der Waals surface area contributed by atoms with E-state index in [2.05, 4.69) is 20.9 Å². The lowest BCUT2D eigenvalue weighted by Crippen LogP contribution is -2.36. The van der Waals surface area contributed by atoms with Gasteiger partial charge in [-0.25, -0.2) is 0 Å². The highest BCUT2D eigenvalue weighted by atomic mass is 79.9. The lowest BCUT2D eigenvalue weighted by molar-refractivity contribution is 0.0688. The van der Waals surface area contributed by atoms with Crippen LogP contribution >= 0.6 is 15.9 Å². The van der Waals surface area contributed by atoms with Crippen LogP contribution in [0.4, 0.5) is 0 Å². The molecule has 0 radical (unpaired) electrons. The zero-order chi connectivity index (χ0) is 13.8. The Morgan fingerprint density at radius 2 is 2.26 bits per heavy atom. The van der Waals surface area contributed by atoms with E-state index >= 15 is 0 Å². The van der Waals surface area contributed by atoms with E-state index in [1.807, 2.05) is 26.0 Å². The molecule has 0 bridgehead atoms. The van der Waals surface area contributed by atoms with E-state index in [1.165, 1.54) is 6.26 Å². The molecule has 1 amide bonds. The van der Waals surface area contributed by atoms with Crippen molar-refractivity contribution in [2.24, 2.45) is 0 Å². The van der Waals surface area contributed by atoms with Crippen molar-refractivity contribution in [1.82, 2.24) is 9.88 Å². The molecule has 0 aliphatic heterocycles. The van der Waals surface area contributed by atoms with Crippen LogP contribution in [-0.2, 0) is 6.54 Å². The Kier molecular flexibility index (Phi) is 4.37. The molecule has 2 rings (SSSR count). The second-order valence-electron chi connectivity index (χ2n) is 4.50. The third-order valence-corrected chi connectivity index (χ3v) is 3.42. The molecule has 2 aromatic heterocycles. The first-order valence-electron chi connectivity index (χ1n) is 6.02. The number of aromatic nitrogens is 1. The lowest BCUT2D eigenvalue weighted by atomic mass is 10.2. The molecule has 0 spiro atoms. The van der Waals surface area contributed by atoms with Crippen LogP contribution in [0.1, 0.15) is 29.8 Å². The summed E-state index contributed by atoms with van der Waals surface area (Å²) in [5.74, 6) is -0.0560. The van der Waals surface area contributed by atoms with Crippen LogP contribution in [0.5, 0.6) is 0 Å². The standard InChI is InChI=1S/C14H15BrN2O2/c1-10(2)17(9-11-4-3-6-16-8-11)14(18)12-5-7-19-13(12)15/h3-8,10H,9H2,1-2H3. The van der Waals surface area contributed by atoms with Gasteiger partial charge in [-0.15, -0.1) is 0 Å². The summed E-state index contributed by atoms with van der Waals surface area (Å²) < 4.78 is 5.59. The van der Waals surface area contributed by atoms with Crippen molar-refractivity contribution in [3.8, 4) is 0 Å². The zero-order valence-corrected chi connectivity index (χ0v) is 12.4. The molecule has 0 saturated carbocycles. The molecule has 0 saturated heterocycles. The van der Waals surface area contributed by atoms with Crippen molar-refractivity contribution in [3.63, 3.8) is 0 Å². The molecule has 0 aliphatic rings. The summed E-state index contributed by atoms with van der Waals surface area (Å²) in [5, 5.41) is 0. The number of furan rings is 1. The van der Waals surface area contributed by atoms with Gasteiger partial charge < -0.3 is 9.32 Å². The van der Waals surface area contributed by atoms with Crippen LogP contribution < -0.4 is 0 Å². The number of pyridine rings is 1. The number of carbonyl (C=O) groups is 1. The molecule has 19 heavy (non-hydrogen) atoms. The predicted molar refractivity (Wildman–Crippen MR) is 75.7 cm³/mol. The first kappa shape index (κ1) is 13.8. The topological polar surface area (TPSA) is 46.3 Å². The number of nitrogens with zero attached hydrogens (tertiary/aromatic N) is 2. The number of hydrogen-bond acceptors (Lipinski definition) is 3. The third kappa shape index (κ3) is 3.23. The quantitative estimate of drug-likeness (QED) is 0.865. The second kappa shape index (κ2) is 6.02. The summed E-state index contributed by atoms with van der Waals surface area (Å²) in [6.45, 7) is 4.51. The molecule has 0 unspecified atom stereocenters. The van der Waals surface area contributed by atoms with Gasteiger partial charge in [-0.2, -0.15) is 0 Å². The van der Waals surface area contributed by atoms with Crippen LogP contribution in [-0.4, -0.2) is 21.8 Å². The SMILES string of the molecule is CC(C)N(Cc1cccnc1)C(=O)c1ccoc1Br. The Morgan fingerprint density at radius 1 is 1.47 bits per heavy atom. The van der Waals surface area contributed by atoms with Crippen LogP contribution in [0.25, 0.3) is 0 Å². The van der Waals surface area contributed by atoms with Gasteiger partial charge in [-0.3, -0.25) is 9.78 Å². The molecule has 2 aromatic rings. The maximum atomic E-state index is 12.5. The fourth-order valence-electron chi connectivity index (χ4n) is 1.78. The smallest absolute Gasteiger partial charge is 0.258 e. The minimum Gasteiger partial charge on any atom is -0.457 e. The van der Waals surface area contributed by atoms with Crippen molar-refractivity contribution < 1.29 is 9.21 Å². The van der Waals surface area contributed by atoms with Gasteiger partial charge in [-0.05, 0) is 47.5 Å². The van der Waals surface area contributed by atoms with Gasteiger partial charge in [0.2, 0.25) is 0 Å². The predicted octanol–water partition coefficient (Wildman–Crippen LogP) is 3.49. The van der Waals surface area contributed by atoms with Crippen molar-refractivity contribution >= 4 is 21.8 Å². The highest BCUT2D eigenvalue weighted by Crippen LogP contribution is 2.21. The van der Waals surface area contributed by atoms with E-state index in [0.29, 0.717) is 16.8 Å². The minimum atomic E-state index is -0.0560. The van der Waals surface area contributed by atoms with Gasteiger partial charge in [0.05, 0.1) is 11.8 Å². The zero-order valence-electron chi connectivity index (χ0n) is 10.8. The first-order chi connectivity index (χ1) is 9.09. The maximum Gasteiger partial charge on any atom is 0.258 e. The Hall–Kier alpha value is -1.62. The van der Waals surface area contributed by atoms with Gasteiger partial charge in [0.25, 0.3) is 5.91 Å². The van der Waals surface area contributed by atoms with Crippen molar-refractivity contribution in [3.05, 3.63) is 52.7 Å². The molecule has 100 valence electrons. The number of amides is 1. The third-order valence-electron chi connectivity index (χ3n) is 2.81. The Bertz CT molecular complexity index is 552. The summed E-state index contributed by atoms with van der Waals surface area (Å²) in [7, 11) is 0. The molecule has 0 N–H and O–H groups in total. The Morgan fingerprint density at radius 3 is 2.79 bits per heavy atom. The summed E-state index contributed by atoms with van der Waals surface area (Å²) in [6.07, 6.45) is 4.99. The summed E-state index contributed by atoms with van der Waals surface area (Å²) in [6, 6.07) is 5.59.